The first-order chi connectivity index (χ1) is 14.3. The van der Waals surface area contributed by atoms with E-state index in [9.17, 15) is 13.2 Å². The number of pyridine rings is 1. The topological polar surface area (TPSA) is 99.8 Å². The molecule has 0 atom stereocenters. The van der Waals surface area contributed by atoms with E-state index >= 15 is 0 Å². The second kappa shape index (κ2) is 9.55. The summed E-state index contributed by atoms with van der Waals surface area (Å²) in [6, 6.07) is 8.33. The van der Waals surface area contributed by atoms with Gasteiger partial charge in [0, 0.05) is 58.4 Å². The molecule has 9 heteroatoms. The van der Waals surface area contributed by atoms with E-state index in [-0.39, 0.29) is 22.1 Å². The van der Waals surface area contributed by atoms with Crippen molar-refractivity contribution in [2.24, 2.45) is 0 Å². The predicted molar refractivity (Wildman–Crippen MR) is 117 cm³/mol. The van der Waals surface area contributed by atoms with Gasteiger partial charge >= 0.3 is 0 Å². The number of anilines is 1. The number of benzene rings is 1. The molecule has 1 aliphatic rings. The van der Waals surface area contributed by atoms with Gasteiger partial charge in [-0.05, 0) is 49.2 Å². The number of nitrogen functional groups attached to an aromatic ring is 1. The van der Waals surface area contributed by atoms with Crippen molar-refractivity contribution in [1.82, 2.24) is 19.1 Å². The second-order valence-corrected chi connectivity index (χ2v) is 9.79. The minimum absolute atomic E-state index is 0.0686. The summed E-state index contributed by atoms with van der Waals surface area (Å²) in [6.45, 7) is 3.73. The van der Waals surface area contributed by atoms with Crippen molar-refractivity contribution in [3.63, 3.8) is 0 Å². The van der Waals surface area contributed by atoms with E-state index in [4.69, 9.17) is 5.73 Å². The molecule has 8 nitrogen and oxygen atoms in total. The molecule has 0 aliphatic carbocycles. The quantitative estimate of drug-likeness (QED) is 0.664. The Morgan fingerprint density at radius 3 is 2.53 bits per heavy atom. The van der Waals surface area contributed by atoms with Crippen LogP contribution < -0.4 is 5.73 Å². The number of amides is 1. The summed E-state index contributed by atoms with van der Waals surface area (Å²) in [5, 5.41) is 0. The molecule has 1 aromatic carbocycles. The molecule has 3 rings (SSSR count). The zero-order valence-electron chi connectivity index (χ0n) is 17.5. The third-order valence-corrected chi connectivity index (χ3v) is 7.17. The number of nitrogens with two attached hydrogens (primary N) is 1. The standard InChI is InChI=1S/C21H29N5O3S/c1-24(2)30(28,29)18-7-8-20(22)19(15-18)21(27)26-13-11-25(12-14-26)10-4-6-17-5-3-9-23-16-17/h3,5,7-9,15-16H,4,6,10-14,22H2,1-2H3. The average molecular weight is 432 g/mol. The highest BCUT2D eigenvalue weighted by Crippen LogP contribution is 2.22. The number of aryl methyl sites for hydroxylation is 1. The van der Waals surface area contributed by atoms with Crippen LogP contribution in [0, 0.1) is 0 Å². The summed E-state index contributed by atoms with van der Waals surface area (Å²) >= 11 is 0. The zero-order valence-corrected chi connectivity index (χ0v) is 18.3. The number of piperazine rings is 1. The Labute approximate surface area is 178 Å². The van der Waals surface area contributed by atoms with Crippen molar-refractivity contribution in [1.29, 1.82) is 0 Å². The molecular weight excluding hydrogens is 402 g/mol. The van der Waals surface area contributed by atoms with Crippen LogP contribution in [0.2, 0.25) is 0 Å². The number of sulfonamides is 1. The van der Waals surface area contributed by atoms with E-state index in [0.29, 0.717) is 13.1 Å². The van der Waals surface area contributed by atoms with Crippen LogP contribution >= 0.6 is 0 Å². The summed E-state index contributed by atoms with van der Waals surface area (Å²) in [5.41, 5.74) is 7.75. The Morgan fingerprint density at radius 1 is 1.17 bits per heavy atom. The lowest BCUT2D eigenvalue weighted by Gasteiger charge is -2.35. The SMILES string of the molecule is CN(C)S(=O)(=O)c1ccc(N)c(C(=O)N2CCN(CCCc3cccnc3)CC2)c1. The summed E-state index contributed by atoms with van der Waals surface area (Å²) in [7, 11) is -0.710. The van der Waals surface area contributed by atoms with Crippen molar-refractivity contribution in [3.05, 3.63) is 53.9 Å². The summed E-state index contributed by atoms with van der Waals surface area (Å²) in [5.74, 6) is -0.224. The summed E-state index contributed by atoms with van der Waals surface area (Å²) < 4.78 is 25.9. The van der Waals surface area contributed by atoms with E-state index in [0.717, 1.165) is 36.8 Å². The molecule has 0 spiro atoms. The molecule has 2 heterocycles. The van der Waals surface area contributed by atoms with Crippen LogP contribution in [0.15, 0.2) is 47.6 Å². The Hall–Kier alpha value is -2.49. The molecule has 1 saturated heterocycles. The molecule has 0 unspecified atom stereocenters. The van der Waals surface area contributed by atoms with Gasteiger partial charge in [0.2, 0.25) is 10.0 Å². The Bertz CT molecular complexity index is 971. The molecule has 1 amide bonds. The van der Waals surface area contributed by atoms with Crippen molar-refractivity contribution in [2.75, 3.05) is 52.6 Å². The van der Waals surface area contributed by atoms with Gasteiger partial charge in [-0.15, -0.1) is 0 Å². The van der Waals surface area contributed by atoms with Crippen LogP contribution in [0.25, 0.3) is 0 Å². The lowest BCUT2D eigenvalue weighted by atomic mass is 10.1. The van der Waals surface area contributed by atoms with Gasteiger partial charge in [0.05, 0.1) is 10.5 Å². The van der Waals surface area contributed by atoms with E-state index in [1.54, 1.807) is 11.1 Å². The molecule has 1 aliphatic heterocycles. The lowest BCUT2D eigenvalue weighted by Crippen LogP contribution is -2.49. The molecule has 0 bridgehead atoms. The van der Waals surface area contributed by atoms with Gasteiger partial charge in [-0.1, -0.05) is 6.07 Å². The van der Waals surface area contributed by atoms with E-state index < -0.39 is 10.0 Å². The zero-order chi connectivity index (χ0) is 21.7. The molecule has 30 heavy (non-hydrogen) atoms. The normalized spacial score (nSPS) is 15.5. The van der Waals surface area contributed by atoms with Crippen molar-refractivity contribution >= 4 is 21.6 Å². The van der Waals surface area contributed by atoms with Gasteiger partial charge in [-0.3, -0.25) is 14.7 Å². The van der Waals surface area contributed by atoms with Crippen LogP contribution in [0.1, 0.15) is 22.3 Å². The molecule has 1 fully saturated rings. The summed E-state index contributed by atoms with van der Waals surface area (Å²) in [4.78, 5) is 21.3. The lowest BCUT2D eigenvalue weighted by molar-refractivity contribution is 0.0637. The highest BCUT2D eigenvalue weighted by atomic mass is 32.2. The summed E-state index contributed by atoms with van der Waals surface area (Å²) in [6.07, 6.45) is 5.69. The number of carbonyl (C=O) groups excluding carboxylic acids is 1. The van der Waals surface area contributed by atoms with Gasteiger partial charge in [-0.2, -0.15) is 0 Å². The Balaban J connectivity index is 1.57. The first-order valence-corrected chi connectivity index (χ1v) is 11.5. The maximum atomic E-state index is 13.0. The van der Waals surface area contributed by atoms with E-state index in [2.05, 4.69) is 16.0 Å². The minimum atomic E-state index is -3.63. The highest BCUT2D eigenvalue weighted by Gasteiger charge is 2.25. The van der Waals surface area contributed by atoms with Crippen molar-refractivity contribution < 1.29 is 13.2 Å². The molecule has 1 aromatic heterocycles. The fraction of sp³-hybridized carbons (Fsp3) is 0.429. The third-order valence-electron chi connectivity index (χ3n) is 5.36. The molecule has 162 valence electrons. The number of hydrogen-bond donors (Lipinski definition) is 1. The third kappa shape index (κ3) is 5.16. The fourth-order valence-electron chi connectivity index (χ4n) is 3.49. The number of hydrogen-bond acceptors (Lipinski definition) is 6. The second-order valence-electron chi connectivity index (χ2n) is 7.64. The van der Waals surface area contributed by atoms with Crippen LogP contribution in [0.3, 0.4) is 0 Å². The highest BCUT2D eigenvalue weighted by molar-refractivity contribution is 7.89. The molecule has 2 aromatic rings. The smallest absolute Gasteiger partial charge is 0.256 e. The first kappa shape index (κ1) is 22.2. The van der Waals surface area contributed by atoms with Crippen LogP contribution in [0.4, 0.5) is 5.69 Å². The number of aromatic nitrogens is 1. The predicted octanol–water partition coefficient (Wildman–Crippen LogP) is 1.30. The monoisotopic (exact) mass is 431 g/mol. The average Bonchev–Trinajstić information content (AvgIpc) is 2.74. The van der Waals surface area contributed by atoms with Gasteiger partial charge in [0.25, 0.3) is 5.91 Å². The number of rotatable bonds is 7. The largest absolute Gasteiger partial charge is 0.398 e. The van der Waals surface area contributed by atoms with Gasteiger partial charge in [-0.25, -0.2) is 12.7 Å². The van der Waals surface area contributed by atoms with Crippen molar-refractivity contribution in [3.8, 4) is 0 Å². The fourth-order valence-corrected chi connectivity index (χ4v) is 4.42. The van der Waals surface area contributed by atoms with Gasteiger partial charge in [0.15, 0.2) is 0 Å². The molecule has 0 radical (unpaired) electrons. The number of carbonyl (C=O) groups is 1. The van der Waals surface area contributed by atoms with Crippen molar-refractivity contribution in [2.45, 2.75) is 17.7 Å². The van der Waals surface area contributed by atoms with Gasteiger partial charge in [0.1, 0.15) is 0 Å². The van der Waals surface area contributed by atoms with Crippen LogP contribution in [-0.2, 0) is 16.4 Å². The minimum Gasteiger partial charge on any atom is -0.398 e. The molecule has 2 N–H and O–H groups in total. The Kier molecular flexibility index (Phi) is 7.06. The first-order valence-electron chi connectivity index (χ1n) is 10.0. The Morgan fingerprint density at radius 2 is 1.90 bits per heavy atom. The maximum absolute atomic E-state index is 13.0. The van der Waals surface area contributed by atoms with E-state index in [1.807, 2.05) is 12.3 Å². The van der Waals surface area contributed by atoms with Crippen LogP contribution in [0.5, 0.6) is 0 Å². The number of nitrogens with zero attached hydrogens (tertiary/aromatic N) is 4. The molecular formula is C21H29N5O3S. The van der Waals surface area contributed by atoms with Gasteiger partial charge < -0.3 is 10.6 Å². The maximum Gasteiger partial charge on any atom is 0.256 e. The molecule has 0 saturated carbocycles. The van der Waals surface area contributed by atoms with E-state index in [1.165, 1.54) is 37.9 Å². The van der Waals surface area contributed by atoms with Crippen LogP contribution in [-0.4, -0.2) is 80.2 Å².